The van der Waals surface area contributed by atoms with Gasteiger partial charge in [0.15, 0.2) is 0 Å². The summed E-state index contributed by atoms with van der Waals surface area (Å²) < 4.78 is 0. The molecule has 0 amide bonds. The van der Waals surface area contributed by atoms with Gasteiger partial charge in [0.2, 0.25) is 0 Å². The van der Waals surface area contributed by atoms with E-state index in [9.17, 15) is 0 Å². The van der Waals surface area contributed by atoms with Crippen LogP contribution in [-0.4, -0.2) is 56.1 Å². The Balaban J connectivity index is 2.33. The van der Waals surface area contributed by atoms with Crippen molar-refractivity contribution in [2.24, 2.45) is 17.6 Å². The van der Waals surface area contributed by atoms with E-state index >= 15 is 0 Å². The quantitative estimate of drug-likeness (QED) is 0.767. The van der Waals surface area contributed by atoms with Gasteiger partial charge in [0, 0.05) is 12.6 Å². The first-order chi connectivity index (χ1) is 8.02. The highest BCUT2D eigenvalue weighted by molar-refractivity contribution is 4.78. The summed E-state index contributed by atoms with van der Waals surface area (Å²) in [7, 11) is 4.50. The predicted molar refractivity (Wildman–Crippen MR) is 75.1 cm³/mol. The number of nitrogens with two attached hydrogens (primary N) is 1. The Morgan fingerprint density at radius 3 is 2.35 bits per heavy atom. The number of hydrogen-bond donors (Lipinski definition) is 1. The molecule has 0 saturated carbocycles. The Hall–Kier alpha value is -0.120. The third kappa shape index (κ3) is 5.36. The third-order valence-electron chi connectivity index (χ3n) is 4.00. The minimum Gasteiger partial charge on any atom is -0.330 e. The lowest BCUT2D eigenvalue weighted by Gasteiger charge is -2.36. The van der Waals surface area contributed by atoms with E-state index in [0.717, 1.165) is 18.5 Å². The largest absolute Gasteiger partial charge is 0.330 e. The van der Waals surface area contributed by atoms with Gasteiger partial charge < -0.3 is 15.5 Å². The van der Waals surface area contributed by atoms with Gasteiger partial charge in [-0.25, -0.2) is 0 Å². The zero-order chi connectivity index (χ0) is 12.8. The molecule has 2 N–H and O–H groups in total. The SMILES string of the molecule is CC(C)CC(CN)CN(C)C1CCN(C)CC1. The normalized spacial score (nSPS) is 21.4. The van der Waals surface area contributed by atoms with Gasteiger partial charge in [0.05, 0.1) is 0 Å². The van der Waals surface area contributed by atoms with Crippen molar-refractivity contribution in [2.45, 2.75) is 39.2 Å². The first-order valence-corrected chi connectivity index (χ1v) is 7.11. The monoisotopic (exact) mass is 241 g/mol. The van der Waals surface area contributed by atoms with Crippen molar-refractivity contribution in [3.05, 3.63) is 0 Å². The number of rotatable bonds is 6. The molecule has 0 radical (unpaired) electrons. The van der Waals surface area contributed by atoms with Crippen LogP contribution >= 0.6 is 0 Å². The molecule has 1 heterocycles. The molecule has 17 heavy (non-hydrogen) atoms. The predicted octanol–water partition coefficient (Wildman–Crippen LogP) is 1.63. The highest BCUT2D eigenvalue weighted by atomic mass is 15.2. The molecule has 1 aliphatic heterocycles. The summed E-state index contributed by atoms with van der Waals surface area (Å²) in [5.74, 6) is 1.43. The molecule has 3 heteroatoms. The van der Waals surface area contributed by atoms with E-state index in [2.05, 4.69) is 37.7 Å². The summed E-state index contributed by atoms with van der Waals surface area (Å²) in [6.45, 7) is 9.06. The van der Waals surface area contributed by atoms with E-state index in [1.54, 1.807) is 0 Å². The maximum Gasteiger partial charge on any atom is 0.0117 e. The van der Waals surface area contributed by atoms with Gasteiger partial charge in [0.25, 0.3) is 0 Å². The van der Waals surface area contributed by atoms with Gasteiger partial charge in [-0.05, 0) is 64.8 Å². The van der Waals surface area contributed by atoms with Crippen LogP contribution in [0.5, 0.6) is 0 Å². The average Bonchev–Trinajstić information content (AvgIpc) is 2.28. The zero-order valence-corrected chi connectivity index (χ0v) is 12.2. The second kappa shape index (κ2) is 7.34. The summed E-state index contributed by atoms with van der Waals surface area (Å²) in [4.78, 5) is 4.98. The molecular formula is C14H31N3. The Bertz CT molecular complexity index is 198. The van der Waals surface area contributed by atoms with Crippen LogP contribution in [0.15, 0.2) is 0 Å². The van der Waals surface area contributed by atoms with E-state index in [1.807, 2.05) is 0 Å². The van der Waals surface area contributed by atoms with Crippen LogP contribution in [0.25, 0.3) is 0 Å². The van der Waals surface area contributed by atoms with Gasteiger partial charge in [-0.3, -0.25) is 0 Å². The standard InChI is InChI=1S/C14H31N3/c1-12(2)9-13(10-15)11-17(4)14-5-7-16(3)8-6-14/h12-14H,5-11,15H2,1-4H3. The molecule has 0 spiro atoms. The van der Waals surface area contributed by atoms with Crippen molar-refractivity contribution < 1.29 is 0 Å². The van der Waals surface area contributed by atoms with Crippen molar-refractivity contribution in [3.8, 4) is 0 Å². The van der Waals surface area contributed by atoms with E-state index in [-0.39, 0.29) is 0 Å². The lowest BCUT2D eigenvalue weighted by atomic mass is 9.95. The average molecular weight is 241 g/mol. The van der Waals surface area contributed by atoms with Crippen molar-refractivity contribution in [1.82, 2.24) is 9.80 Å². The Morgan fingerprint density at radius 2 is 1.88 bits per heavy atom. The fourth-order valence-electron chi connectivity index (χ4n) is 2.90. The summed E-state index contributed by atoms with van der Waals surface area (Å²) in [5, 5.41) is 0. The number of likely N-dealkylation sites (tertiary alicyclic amines) is 1. The molecule has 1 aliphatic rings. The topological polar surface area (TPSA) is 32.5 Å². The van der Waals surface area contributed by atoms with Crippen LogP contribution in [0.2, 0.25) is 0 Å². The van der Waals surface area contributed by atoms with Gasteiger partial charge in [-0.1, -0.05) is 13.8 Å². The highest BCUT2D eigenvalue weighted by Crippen LogP contribution is 2.18. The van der Waals surface area contributed by atoms with Crippen molar-refractivity contribution in [1.29, 1.82) is 0 Å². The van der Waals surface area contributed by atoms with Crippen LogP contribution in [0.4, 0.5) is 0 Å². The number of piperidine rings is 1. The van der Waals surface area contributed by atoms with Gasteiger partial charge in [-0.15, -0.1) is 0 Å². The summed E-state index contributed by atoms with van der Waals surface area (Å²) >= 11 is 0. The first-order valence-electron chi connectivity index (χ1n) is 7.11. The summed E-state index contributed by atoms with van der Waals surface area (Å²) in [6.07, 6.45) is 3.88. The molecule has 0 aromatic carbocycles. The molecule has 1 saturated heterocycles. The molecule has 1 atom stereocenters. The molecule has 1 rings (SSSR count). The lowest BCUT2D eigenvalue weighted by molar-refractivity contribution is 0.125. The van der Waals surface area contributed by atoms with Crippen LogP contribution < -0.4 is 5.73 Å². The summed E-state index contributed by atoms with van der Waals surface area (Å²) in [6, 6.07) is 0.771. The number of hydrogen-bond acceptors (Lipinski definition) is 3. The van der Waals surface area contributed by atoms with Crippen LogP contribution in [0, 0.1) is 11.8 Å². The second-order valence-electron chi connectivity index (χ2n) is 6.21. The second-order valence-corrected chi connectivity index (χ2v) is 6.21. The molecule has 0 aromatic rings. The lowest BCUT2D eigenvalue weighted by Crippen LogP contribution is -2.44. The molecule has 102 valence electrons. The molecule has 0 aliphatic carbocycles. The van der Waals surface area contributed by atoms with Crippen molar-refractivity contribution in [3.63, 3.8) is 0 Å². The smallest absolute Gasteiger partial charge is 0.0117 e. The zero-order valence-electron chi connectivity index (χ0n) is 12.2. The van der Waals surface area contributed by atoms with Crippen molar-refractivity contribution >= 4 is 0 Å². The van der Waals surface area contributed by atoms with Gasteiger partial charge in [0.1, 0.15) is 0 Å². The maximum absolute atomic E-state index is 5.89. The Labute approximate surface area is 107 Å². The van der Waals surface area contributed by atoms with Gasteiger partial charge >= 0.3 is 0 Å². The van der Waals surface area contributed by atoms with Crippen LogP contribution in [-0.2, 0) is 0 Å². The van der Waals surface area contributed by atoms with Crippen LogP contribution in [0.3, 0.4) is 0 Å². The molecule has 1 fully saturated rings. The molecular weight excluding hydrogens is 210 g/mol. The van der Waals surface area contributed by atoms with Crippen LogP contribution in [0.1, 0.15) is 33.1 Å². The minimum atomic E-state index is 0.666. The van der Waals surface area contributed by atoms with E-state index in [1.165, 1.54) is 38.9 Å². The molecule has 3 nitrogen and oxygen atoms in total. The summed E-state index contributed by atoms with van der Waals surface area (Å²) in [5.41, 5.74) is 5.89. The molecule has 0 bridgehead atoms. The van der Waals surface area contributed by atoms with Gasteiger partial charge in [-0.2, -0.15) is 0 Å². The minimum absolute atomic E-state index is 0.666. The van der Waals surface area contributed by atoms with Crippen molar-refractivity contribution in [2.75, 3.05) is 40.3 Å². The Kier molecular flexibility index (Phi) is 6.45. The fourth-order valence-corrected chi connectivity index (χ4v) is 2.90. The van der Waals surface area contributed by atoms with E-state index in [4.69, 9.17) is 5.73 Å². The molecule has 0 aromatic heterocycles. The van der Waals surface area contributed by atoms with E-state index < -0.39 is 0 Å². The fraction of sp³-hybridized carbons (Fsp3) is 1.00. The maximum atomic E-state index is 5.89. The number of nitrogens with zero attached hydrogens (tertiary/aromatic N) is 2. The Morgan fingerprint density at radius 1 is 1.29 bits per heavy atom. The molecule has 1 unspecified atom stereocenters. The third-order valence-corrected chi connectivity index (χ3v) is 4.00. The first kappa shape index (κ1) is 14.9. The van der Waals surface area contributed by atoms with E-state index in [0.29, 0.717) is 5.92 Å². The highest BCUT2D eigenvalue weighted by Gasteiger charge is 2.22.